The van der Waals surface area contributed by atoms with Gasteiger partial charge in [0.05, 0.1) is 11.5 Å². The van der Waals surface area contributed by atoms with E-state index in [0.717, 1.165) is 4.90 Å². The Balaban J connectivity index is 2.10. The minimum atomic E-state index is -0.443. The Kier molecular flexibility index (Phi) is 3.85. The molecule has 7 heteroatoms. The molecule has 0 aliphatic carbocycles. The van der Waals surface area contributed by atoms with E-state index in [2.05, 4.69) is 9.97 Å². The molecular formula is C11H9N3O3S. The molecule has 1 N–H and O–H groups in total. The summed E-state index contributed by atoms with van der Waals surface area (Å²) >= 11 is 1.30. The van der Waals surface area contributed by atoms with Crippen molar-refractivity contribution in [1.82, 2.24) is 9.97 Å². The number of non-ortho nitro benzene ring substituents is 1. The van der Waals surface area contributed by atoms with Crippen molar-refractivity contribution in [3.8, 4) is 0 Å². The average Bonchev–Trinajstić information content (AvgIpc) is 2.40. The van der Waals surface area contributed by atoms with Gasteiger partial charge >= 0.3 is 0 Å². The summed E-state index contributed by atoms with van der Waals surface area (Å²) in [6.07, 6.45) is 3.08. The van der Waals surface area contributed by atoms with E-state index in [9.17, 15) is 10.1 Å². The number of hydrogen-bond donors (Lipinski definition) is 1. The molecule has 0 unspecified atom stereocenters. The van der Waals surface area contributed by atoms with Gasteiger partial charge in [0, 0.05) is 35.0 Å². The second-order valence-electron chi connectivity index (χ2n) is 3.39. The minimum Gasteiger partial charge on any atom is -0.392 e. The number of nitrogens with zero attached hydrogens (tertiary/aromatic N) is 3. The molecule has 0 fully saturated rings. The molecule has 0 aliphatic rings. The van der Waals surface area contributed by atoms with Crippen molar-refractivity contribution >= 4 is 17.4 Å². The van der Waals surface area contributed by atoms with E-state index in [1.807, 2.05) is 0 Å². The topological polar surface area (TPSA) is 89.2 Å². The summed E-state index contributed by atoms with van der Waals surface area (Å²) in [5.74, 6) is 0. The van der Waals surface area contributed by atoms with Gasteiger partial charge in [-0.2, -0.15) is 0 Å². The highest BCUT2D eigenvalue weighted by Crippen LogP contribution is 2.25. The van der Waals surface area contributed by atoms with Crippen LogP contribution >= 0.6 is 11.8 Å². The first-order valence-electron chi connectivity index (χ1n) is 5.03. The van der Waals surface area contributed by atoms with Crippen LogP contribution in [-0.4, -0.2) is 20.0 Å². The third-order valence-corrected chi connectivity index (χ3v) is 3.02. The van der Waals surface area contributed by atoms with Crippen molar-refractivity contribution in [2.45, 2.75) is 16.7 Å². The van der Waals surface area contributed by atoms with Crippen LogP contribution < -0.4 is 0 Å². The van der Waals surface area contributed by atoms with Gasteiger partial charge in [0.15, 0.2) is 5.16 Å². The molecule has 6 nitrogen and oxygen atoms in total. The quantitative estimate of drug-likeness (QED) is 0.515. The van der Waals surface area contributed by atoms with Crippen LogP contribution in [0.4, 0.5) is 5.69 Å². The van der Waals surface area contributed by atoms with Gasteiger partial charge in [-0.25, -0.2) is 9.97 Å². The number of aromatic nitrogens is 2. The highest BCUT2D eigenvalue weighted by atomic mass is 32.2. The van der Waals surface area contributed by atoms with Gasteiger partial charge in [0.25, 0.3) is 5.69 Å². The summed E-state index contributed by atoms with van der Waals surface area (Å²) in [5, 5.41) is 19.9. The third kappa shape index (κ3) is 3.02. The van der Waals surface area contributed by atoms with Crippen molar-refractivity contribution in [3.63, 3.8) is 0 Å². The number of aliphatic hydroxyl groups excluding tert-OH is 1. The van der Waals surface area contributed by atoms with Crippen molar-refractivity contribution in [2.24, 2.45) is 0 Å². The Morgan fingerprint density at radius 3 is 2.33 bits per heavy atom. The fourth-order valence-electron chi connectivity index (χ4n) is 1.22. The first-order chi connectivity index (χ1) is 8.69. The summed E-state index contributed by atoms with van der Waals surface area (Å²) < 4.78 is 0. The lowest BCUT2D eigenvalue weighted by molar-refractivity contribution is -0.384. The Bertz CT molecular complexity index is 542. The SMILES string of the molecule is O=[N+]([O-])c1ccc(Sc2ncc(CO)cn2)cc1. The van der Waals surface area contributed by atoms with Gasteiger partial charge in [0.2, 0.25) is 0 Å². The van der Waals surface area contributed by atoms with Crippen LogP contribution in [0.1, 0.15) is 5.56 Å². The smallest absolute Gasteiger partial charge is 0.269 e. The maximum Gasteiger partial charge on any atom is 0.269 e. The monoisotopic (exact) mass is 263 g/mol. The maximum atomic E-state index is 10.5. The predicted molar refractivity (Wildman–Crippen MR) is 65.2 cm³/mol. The average molecular weight is 263 g/mol. The summed E-state index contributed by atoms with van der Waals surface area (Å²) in [4.78, 5) is 19.0. The van der Waals surface area contributed by atoms with Crippen LogP contribution in [0.25, 0.3) is 0 Å². The molecular weight excluding hydrogens is 254 g/mol. The zero-order chi connectivity index (χ0) is 13.0. The first-order valence-corrected chi connectivity index (χ1v) is 5.85. The molecule has 0 radical (unpaired) electrons. The van der Waals surface area contributed by atoms with Crippen molar-refractivity contribution < 1.29 is 10.0 Å². The van der Waals surface area contributed by atoms with Crippen LogP contribution in [0, 0.1) is 10.1 Å². The molecule has 0 spiro atoms. The van der Waals surface area contributed by atoms with E-state index in [-0.39, 0.29) is 12.3 Å². The van der Waals surface area contributed by atoms with Crippen LogP contribution in [-0.2, 0) is 6.61 Å². The molecule has 18 heavy (non-hydrogen) atoms. The summed E-state index contributed by atoms with van der Waals surface area (Å²) in [6.45, 7) is -0.0948. The normalized spacial score (nSPS) is 10.3. The highest BCUT2D eigenvalue weighted by Gasteiger charge is 2.06. The van der Waals surface area contributed by atoms with Gasteiger partial charge in [0.1, 0.15) is 0 Å². The summed E-state index contributed by atoms with van der Waals surface area (Å²) in [5.41, 5.74) is 0.693. The maximum absolute atomic E-state index is 10.5. The zero-order valence-corrected chi connectivity index (χ0v) is 10.0. The predicted octanol–water partition coefficient (Wildman–Crippen LogP) is 2.03. The van der Waals surface area contributed by atoms with E-state index < -0.39 is 4.92 Å². The van der Waals surface area contributed by atoms with Crippen molar-refractivity contribution in [3.05, 3.63) is 52.3 Å². The molecule has 0 saturated carbocycles. The molecule has 0 saturated heterocycles. The minimum absolute atomic E-state index is 0.0518. The van der Waals surface area contributed by atoms with Crippen LogP contribution in [0.2, 0.25) is 0 Å². The van der Waals surface area contributed by atoms with Crippen LogP contribution in [0.3, 0.4) is 0 Å². The van der Waals surface area contributed by atoms with Gasteiger partial charge < -0.3 is 5.11 Å². The number of nitro benzene ring substituents is 1. The van der Waals surface area contributed by atoms with E-state index in [0.29, 0.717) is 10.7 Å². The third-order valence-electron chi connectivity index (χ3n) is 2.12. The molecule has 0 bridgehead atoms. The van der Waals surface area contributed by atoms with Gasteiger partial charge in [-0.1, -0.05) is 0 Å². The van der Waals surface area contributed by atoms with Crippen molar-refractivity contribution in [2.75, 3.05) is 0 Å². The first kappa shape index (κ1) is 12.5. The van der Waals surface area contributed by atoms with E-state index in [4.69, 9.17) is 5.11 Å². The fourth-order valence-corrected chi connectivity index (χ4v) is 1.91. The Labute approximate surface area is 107 Å². The Morgan fingerprint density at radius 2 is 1.83 bits per heavy atom. The second kappa shape index (κ2) is 5.56. The molecule has 1 aromatic carbocycles. The van der Waals surface area contributed by atoms with Gasteiger partial charge in [-0.15, -0.1) is 0 Å². The standard InChI is InChI=1S/C11H9N3O3S/c15-7-8-5-12-11(13-6-8)18-10-3-1-9(2-4-10)14(16)17/h1-6,15H,7H2. The molecule has 1 aromatic heterocycles. The molecule has 0 amide bonds. The zero-order valence-electron chi connectivity index (χ0n) is 9.18. The molecule has 2 rings (SSSR count). The largest absolute Gasteiger partial charge is 0.392 e. The molecule has 0 aliphatic heterocycles. The van der Waals surface area contributed by atoms with Crippen molar-refractivity contribution in [1.29, 1.82) is 0 Å². The number of nitro groups is 1. The van der Waals surface area contributed by atoms with Gasteiger partial charge in [-0.05, 0) is 23.9 Å². The lowest BCUT2D eigenvalue weighted by Crippen LogP contribution is -1.90. The van der Waals surface area contributed by atoms with Gasteiger partial charge in [-0.3, -0.25) is 10.1 Å². The molecule has 0 atom stereocenters. The second-order valence-corrected chi connectivity index (χ2v) is 4.43. The van der Waals surface area contributed by atoms with Crippen LogP contribution in [0.5, 0.6) is 0 Å². The van der Waals surface area contributed by atoms with E-state index >= 15 is 0 Å². The highest BCUT2D eigenvalue weighted by molar-refractivity contribution is 7.99. The molecule has 2 aromatic rings. The number of rotatable bonds is 4. The Hall–Kier alpha value is -1.99. The summed E-state index contributed by atoms with van der Waals surface area (Å²) in [7, 11) is 0. The lowest BCUT2D eigenvalue weighted by Gasteiger charge is -2.00. The fraction of sp³-hybridized carbons (Fsp3) is 0.0909. The number of benzene rings is 1. The molecule has 92 valence electrons. The molecule has 1 heterocycles. The lowest BCUT2D eigenvalue weighted by atomic mass is 10.3. The van der Waals surface area contributed by atoms with E-state index in [1.165, 1.54) is 23.9 Å². The summed E-state index contributed by atoms with van der Waals surface area (Å²) in [6, 6.07) is 6.16. The Morgan fingerprint density at radius 1 is 1.22 bits per heavy atom. The number of hydrogen-bond acceptors (Lipinski definition) is 6. The van der Waals surface area contributed by atoms with Crippen LogP contribution in [0.15, 0.2) is 46.7 Å². The van der Waals surface area contributed by atoms with E-state index in [1.54, 1.807) is 24.5 Å². The number of aliphatic hydroxyl groups is 1.